The van der Waals surface area contributed by atoms with E-state index in [1.54, 1.807) is 0 Å². The average molecular weight is 374 g/mol. The number of nitrogens with one attached hydrogen (secondary N) is 1. The van der Waals surface area contributed by atoms with Crippen LogP contribution in [0.15, 0.2) is 18.2 Å². The summed E-state index contributed by atoms with van der Waals surface area (Å²) in [6.45, 7) is 7.49. The van der Waals surface area contributed by atoms with Crippen molar-refractivity contribution in [3.05, 3.63) is 29.3 Å². The zero-order valence-electron chi connectivity index (χ0n) is 16.2. The van der Waals surface area contributed by atoms with Gasteiger partial charge >= 0.3 is 0 Å². The van der Waals surface area contributed by atoms with Gasteiger partial charge in [-0.2, -0.15) is 0 Å². The number of benzene rings is 1. The van der Waals surface area contributed by atoms with Gasteiger partial charge in [0.2, 0.25) is 5.91 Å². The van der Waals surface area contributed by atoms with Crippen LogP contribution in [-0.2, 0) is 14.3 Å². The minimum absolute atomic E-state index is 0.00835. The molecule has 0 aromatic heterocycles. The van der Waals surface area contributed by atoms with E-state index in [1.165, 1.54) is 0 Å². The van der Waals surface area contributed by atoms with Gasteiger partial charge in [-0.3, -0.25) is 14.5 Å². The molecule has 1 aromatic carbocycles. The van der Waals surface area contributed by atoms with Gasteiger partial charge in [-0.05, 0) is 43.9 Å². The van der Waals surface area contributed by atoms with E-state index in [0.29, 0.717) is 39.3 Å². The highest BCUT2D eigenvalue weighted by Crippen LogP contribution is 2.21. The van der Waals surface area contributed by atoms with Crippen LogP contribution in [0.3, 0.4) is 0 Å². The quantitative estimate of drug-likeness (QED) is 0.799. The molecule has 0 bridgehead atoms. The van der Waals surface area contributed by atoms with Crippen LogP contribution in [0, 0.1) is 13.8 Å². The topological polar surface area (TPSA) is 87.9 Å². The average Bonchev–Trinajstić information content (AvgIpc) is 3.15. The molecule has 7 nitrogen and oxygen atoms in total. The van der Waals surface area contributed by atoms with Crippen molar-refractivity contribution in [1.29, 1.82) is 0 Å². The number of anilines is 1. The zero-order chi connectivity index (χ0) is 19.4. The molecule has 2 heterocycles. The number of amides is 2. The van der Waals surface area contributed by atoms with Crippen molar-refractivity contribution in [3.8, 4) is 0 Å². The molecule has 0 aliphatic carbocycles. The Morgan fingerprint density at radius 1 is 1.19 bits per heavy atom. The Morgan fingerprint density at radius 3 is 2.59 bits per heavy atom. The van der Waals surface area contributed by atoms with Crippen molar-refractivity contribution >= 4 is 17.5 Å². The van der Waals surface area contributed by atoms with Crippen LogP contribution in [-0.4, -0.2) is 73.1 Å². The largest absolute Gasteiger partial charge is 0.364 e. The summed E-state index contributed by atoms with van der Waals surface area (Å²) in [6.07, 6.45) is 1.26. The summed E-state index contributed by atoms with van der Waals surface area (Å²) < 4.78 is 5.71. The predicted molar refractivity (Wildman–Crippen MR) is 105 cm³/mol. The summed E-state index contributed by atoms with van der Waals surface area (Å²) >= 11 is 0. The van der Waals surface area contributed by atoms with E-state index in [1.807, 2.05) is 36.9 Å². The molecular weight excluding hydrogens is 344 g/mol. The molecule has 2 fully saturated rings. The molecule has 0 saturated carbocycles. The maximum absolute atomic E-state index is 12.6. The smallest absolute Gasteiger partial charge is 0.251 e. The van der Waals surface area contributed by atoms with Gasteiger partial charge < -0.3 is 20.7 Å². The first kappa shape index (κ1) is 19.8. The summed E-state index contributed by atoms with van der Waals surface area (Å²) in [4.78, 5) is 28.9. The summed E-state index contributed by atoms with van der Waals surface area (Å²) in [6, 6.07) is 5.90. The predicted octanol–water partition coefficient (Wildman–Crippen LogP) is 0.892. The lowest BCUT2D eigenvalue weighted by molar-refractivity contribution is -0.144. The monoisotopic (exact) mass is 374 g/mol. The fourth-order valence-electron chi connectivity index (χ4n) is 3.67. The number of carbonyl (C=O) groups is 2. The van der Waals surface area contributed by atoms with Crippen LogP contribution in [0.4, 0.5) is 5.69 Å². The highest BCUT2D eigenvalue weighted by Gasteiger charge is 2.34. The molecule has 3 rings (SSSR count). The standard InChI is InChI=1S/C20H30N4O3/c1-14-4-3-5-17(15(14)2)22-19(25)13-23-8-10-24(11-9-23)20(26)18-7-6-16(12-21)27-18/h3-5,16,18H,6-13,21H2,1-2H3,(H,22,25)/t16-,18+/m1/s1. The number of carbonyl (C=O) groups excluding carboxylic acids is 2. The zero-order valence-corrected chi connectivity index (χ0v) is 16.2. The molecule has 148 valence electrons. The fourth-order valence-corrected chi connectivity index (χ4v) is 3.67. The van der Waals surface area contributed by atoms with E-state index < -0.39 is 0 Å². The SMILES string of the molecule is Cc1cccc(NC(=O)CN2CCN(C(=O)[C@@H]3CC[C@H](CN)O3)CC2)c1C. The number of hydrogen-bond donors (Lipinski definition) is 2. The van der Waals surface area contributed by atoms with Gasteiger partial charge in [0.15, 0.2) is 0 Å². The Labute approximate surface area is 160 Å². The fraction of sp³-hybridized carbons (Fsp3) is 0.600. The highest BCUT2D eigenvalue weighted by molar-refractivity contribution is 5.93. The second-order valence-corrected chi connectivity index (χ2v) is 7.46. The van der Waals surface area contributed by atoms with Gasteiger partial charge in [-0.1, -0.05) is 12.1 Å². The van der Waals surface area contributed by atoms with Crippen molar-refractivity contribution in [2.24, 2.45) is 5.73 Å². The molecule has 0 radical (unpaired) electrons. The number of hydrogen-bond acceptors (Lipinski definition) is 5. The Kier molecular flexibility index (Phi) is 6.46. The van der Waals surface area contributed by atoms with Gasteiger partial charge in [0, 0.05) is 38.4 Å². The van der Waals surface area contributed by atoms with Crippen molar-refractivity contribution in [2.45, 2.75) is 38.9 Å². The Hall–Kier alpha value is -1.96. The molecule has 2 aliphatic rings. The second-order valence-electron chi connectivity index (χ2n) is 7.46. The van der Waals surface area contributed by atoms with E-state index in [9.17, 15) is 9.59 Å². The lowest BCUT2D eigenvalue weighted by atomic mass is 10.1. The van der Waals surface area contributed by atoms with E-state index in [0.717, 1.165) is 29.7 Å². The Bertz CT molecular complexity index is 686. The van der Waals surface area contributed by atoms with Crippen LogP contribution < -0.4 is 11.1 Å². The molecule has 1 aromatic rings. The minimum atomic E-state index is -0.349. The molecule has 2 amide bonds. The summed E-state index contributed by atoms with van der Waals surface area (Å²) in [7, 11) is 0. The van der Waals surface area contributed by atoms with Crippen molar-refractivity contribution in [3.63, 3.8) is 0 Å². The number of nitrogens with two attached hydrogens (primary N) is 1. The maximum Gasteiger partial charge on any atom is 0.251 e. The number of aryl methyl sites for hydroxylation is 1. The maximum atomic E-state index is 12.6. The normalized spacial score (nSPS) is 23.4. The molecule has 2 aliphatic heterocycles. The van der Waals surface area contributed by atoms with E-state index in [2.05, 4.69) is 10.2 Å². The molecule has 3 N–H and O–H groups in total. The minimum Gasteiger partial charge on any atom is -0.364 e. The third-order valence-electron chi connectivity index (χ3n) is 5.58. The first-order valence-electron chi connectivity index (χ1n) is 9.70. The molecule has 27 heavy (non-hydrogen) atoms. The van der Waals surface area contributed by atoms with Gasteiger partial charge in [-0.15, -0.1) is 0 Å². The van der Waals surface area contributed by atoms with Crippen molar-refractivity contribution in [2.75, 3.05) is 44.6 Å². The van der Waals surface area contributed by atoms with Crippen molar-refractivity contribution < 1.29 is 14.3 Å². The Morgan fingerprint density at radius 2 is 1.93 bits per heavy atom. The third-order valence-corrected chi connectivity index (χ3v) is 5.58. The third kappa shape index (κ3) is 4.86. The first-order chi connectivity index (χ1) is 13.0. The second kappa shape index (κ2) is 8.82. The first-order valence-corrected chi connectivity index (χ1v) is 9.70. The van der Waals surface area contributed by atoms with Crippen molar-refractivity contribution in [1.82, 2.24) is 9.80 Å². The van der Waals surface area contributed by atoms with Crippen LogP contribution >= 0.6 is 0 Å². The lowest BCUT2D eigenvalue weighted by Crippen LogP contribution is -2.52. The number of nitrogens with zero attached hydrogens (tertiary/aromatic N) is 2. The van der Waals surface area contributed by atoms with E-state index in [-0.39, 0.29) is 24.0 Å². The van der Waals surface area contributed by atoms with Gasteiger partial charge in [0.05, 0.1) is 12.6 Å². The molecule has 2 saturated heterocycles. The van der Waals surface area contributed by atoms with E-state index >= 15 is 0 Å². The number of ether oxygens (including phenoxy) is 1. The van der Waals surface area contributed by atoms with Crippen LogP contribution in [0.25, 0.3) is 0 Å². The van der Waals surface area contributed by atoms with Gasteiger partial charge in [0.1, 0.15) is 6.10 Å². The summed E-state index contributed by atoms with van der Waals surface area (Å²) in [5.74, 6) is 0.0406. The summed E-state index contributed by atoms with van der Waals surface area (Å²) in [5.41, 5.74) is 8.73. The summed E-state index contributed by atoms with van der Waals surface area (Å²) in [5, 5.41) is 3.00. The molecule has 0 unspecified atom stereocenters. The van der Waals surface area contributed by atoms with Gasteiger partial charge in [-0.25, -0.2) is 0 Å². The van der Waals surface area contributed by atoms with Gasteiger partial charge in [0.25, 0.3) is 5.91 Å². The Balaban J connectivity index is 1.44. The highest BCUT2D eigenvalue weighted by atomic mass is 16.5. The number of rotatable bonds is 5. The molecule has 0 spiro atoms. The lowest BCUT2D eigenvalue weighted by Gasteiger charge is -2.35. The number of piperazine rings is 1. The molecule has 7 heteroatoms. The van der Waals surface area contributed by atoms with Crippen LogP contribution in [0.1, 0.15) is 24.0 Å². The van der Waals surface area contributed by atoms with Crippen LogP contribution in [0.2, 0.25) is 0 Å². The van der Waals surface area contributed by atoms with Crippen LogP contribution in [0.5, 0.6) is 0 Å². The molecular formula is C20H30N4O3. The molecule has 2 atom stereocenters. The van der Waals surface area contributed by atoms with E-state index in [4.69, 9.17) is 10.5 Å².